The van der Waals surface area contributed by atoms with Gasteiger partial charge in [-0.2, -0.15) is 4.39 Å². The molecule has 0 radical (unpaired) electrons. The monoisotopic (exact) mass is 354 g/mol. The fourth-order valence-corrected chi connectivity index (χ4v) is 3.94. The van der Waals surface area contributed by atoms with Crippen molar-refractivity contribution in [2.24, 2.45) is 5.73 Å². The van der Waals surface area contributed by atoms with Crippen LogP contribution in [0.4, 0.5) is 8.78 Å². The molecule has 1 aromatic carbocycles. The number of aromatic nitrogens is 3. The molecule has 0 aliphatic rings. The number of thiophene rings is 1. The van der Waals surface area contributed by atoms with E-state index in [1.54, 1.807) is 0 Å². The molecule has 0 bridgehead atoms. The fraction of sp³-hybridized carbons (Fsp3) is 0.0556. The van der Waals surface area contributed by atoms with Crippen molar-refractivity contribution in [1.82, 2.24) is 15.0 Å². The maximum atomic E-state index is 14.0. The average molecular weight is 354 g/mol. The summed E-state index contributed by atoms with van der Waals surface area (Å²) in [4.78, 5) is 12.1. The lowest BCUT2D eigenvalue weighted by atomic mass is 10.0. The number of hydrogen-bond donors (Lipinski definition) is 1. The second-order valence-electron chi connectivity index (χ2n) is 5.42. The highest BCUT2D eigenvalue weighted by Gasteiger charge is 2.15. The van der Waals surface area contributed by atoms with Crippen molar-refractivity contribution < 1.29 is 8.78 Å². The van der Waals surface area contributed by atoms with Gasteiger partial charge in [-0.15, -0.1) is 11.3 Å². The third-order valence-corrected chi connectivity index (χ3v) is 5.10. The van der Waals surface area contributed by atoms with Crippen molar-refractivity contribution in [3.05, 3.63) is 66.4 Å². The molecule has 0 aliphatic carbocycles. The molecule has 0 fully saturated rings. The maximum absolute atomic E-state index is 14.0. The molecule has 0 saturated heterocycles. The number of rotatable bonds is 3. The first-order valence-corrected chi connectivity index (χ1v) is 8.32. The van der Waals surface area contributed by atoms with Crippen LogP contribution in [0.2, 0.25) is 0 Å². The van der Waals surface area contributed by atoms with Gasteiger partial charge in [-0.05, 0) is 22.6 Å². The molecule has 0 amide bonds. The summed E-state index contributed by atoms with van der Waals surface area (Å²) in [7, 11) is 0. The van der Waals surface area contributed by atoms with Crippen molar-refractivity contribution in [2.45, 2.75) is 6.54 Å². The first kappa shape index (κ1) is 15.7. The van der Waals surface area contributed by atoms with Gasteiger partial charge in [0.1, 0.15) is 12.0 Å². The largest absolute Gasteiger partial charge is 0.326 e. The van der Waals surface area contributed by atoms with Gasteiger partial charge in [0.2, 0.25) is 5.95 Å². The minimum atomic E-state index is -0.567. The molecule has 3 heterocycles. The lowest BCUT2D eigenvalue weighted by Crippen LogP contribution is -2.01. The van der Waals surface area contributed by atoms with Gasteiger partial charge in [-0.3, -0.25) is 0 Å². The van der Waals surface area contributed by atoms with Crippen LogP contribution in [-0.2, 0) is 6.54 Å². The topological polar surface area (TPSA) is 64.7 Å². The summed E-state index contributed by atoms with van der Waals surface area (Å²) in [5, 5.41) is 0.927. The zero-order valence-corrected chi connectivity index (χ0v) is 13.7. The Labute approximate surface area is 146 Å². The van der Waals surface area contributed by atoms with Gasteiger partial charge in [0.15, 0.2) is 5.82 Å². The quantitative estimate of drug-likeness (QED) is 0.561. The van der Waals surface area contributed by atoms with Gasteiger partial charge in [0, 0.05) is 29.1 Å². The summed E-state index contributed by atoms with van der Waals surface area (Å²) in [5.74, 6) is -1.05. The number of hydrogen-bond acceptors (Lipinski definition) is 5. The summed E-state index contributed by atoms with van der Waals surface area (Å²) in [6.07, 6.45) is 3.90. The van der Waals surface area contributed by atoms with E-state index in [1.807, 2.05) is 24.3 Å². The average Bonchev–Trinajstić information content (AvgIpc) is 3.06. The number of fused-ring (bicyclic) bond motifs is 1. The second kappa shape index (κ2) is 6.27. The number of benzene rings is 1. The van der Waals surface area contributed by atoms with Crippen molar-refractivity contribution in [3.63, 3.8) is 0 Å². The third kappa shape index (κ3) is 2.77. The minimum absolute atomic E-state index is 0.248. The molecule has 0 spiro atoms. The van der Waals surface area contributed by atoms with Crippen LogP contribution >= 0.6 is 11.3 Å². The molecule has 0 saturated carbocycles. The van der Waals surface area contributed by atoms with Gasteiger partial charge in [0.25, 0.3) is 0 Å². The fourth-order valence-electron chi connectivity index (χ4n) is 2.76. The second-order valence-corrected chi connectivity index (χ2v) is 6.47. The minimum Gasteiger partial charge on any atom is -0.326 e. The van der Waals surface area contributed by atoms with E-state index in [0.29, 0.717) is 10.4 Å². The Morgan fingerprint density at radius 1 is 1.04 bits per heavy atom. The smallest absolute Gasteiger partial charge is 0.213 e. The standard InChI is InChI=1S/C18H12F2N4S/c19-14-8-22-9-24-17(14)15-4-10-2-1-3-12(18(10)25-15)13-5-16(20)23-7-11(13)6-21/h1-5,7-9H,6,21H2. The van der Waals surface area contributed by atoms with E-state index in [-0.39, 0.29) is 12.2 Å². The molecule has 25 heavy (non-hydrogen) atoms. The number of pyridine rings is 1. The van der Waals surface area contributed by atoms with Gasteiger partial charge in [0.05, 0.1) is 11.1 Å². The molecule has 0 aliphatic heterocycles. The number of halogens is 2. The Kier molecular flexibility index (Phi) is 3.95. The van der Waals surface area contributed by atoms with E-state index in [0.717, 1.165) is 27.4 Å². The van der Waals surface area contributed by atoms with E-state index in [4.69, 9.17) is 5.73 Å². The Balaban J connectivity index is 1.95. The maximum Gasteiger partial charge on any atom is 0.213 e. The Hall–Kier alpha value is -2.77. The van der Waals surface area contributed by atoms with Crippen molar-refractivity contribution in [2.75, 3.05) is 0 Å². The van der Waals surface area contributed by atoms with E-state index in [9.17, 15) is 8.78 Å². The van der Waals surface area contributed by atoms with Gasteiger partial charge in [-0.1, -0.05) is 18.2 Å². The van der Waals surface area contributed by atoms with Crippen molar-refractivity contribution >= 4 is 21.4 Å². The van der Waals surface area contributed by atoms with Crippen LogP contribution < -0.4 is 5.73 Å². The highest BCUT2D eigenvalue weighted by atomic mass is 32.1. The van der Waals surface area contributed by atoms with Gasteiger partial charge >= 0.3 is 0 Å². The molecule has 3 aromatic heterocycles. The molecule has 7 heteroatoms. The predicted octanol–water partition coefficient (Wildman–Crippen LogP) is 4.16. The summed E-state index contributed by atoms with van der Waals surface area (Å²) in [5.41, 5.74) is 8.30. The molecule has 4 rings (SSSR count). The summed E-state index contributed by atoms with van der Waals surface area (Å²) in [6.45, 7) is 0.248. The Morgan fingerprint density at radius 2 is 1.92 bits per heavy atom. The lowest BCUT2D eigenvalue weighted by Gasteiger charge is -2.08. The summed E-state index contributed by atoms with van der Waals surface area (Å²) < 4.78 is 28.6. The van der Waals surface area contributed by atoms with E-state index < -0.39 is 11.8 Å². The molecule has 0 unspecified atom stereocenters. The lowest BCUT2D eigenvalue weighted by molar-refractivity contribution is 0.583. The highest BCUT2D eigenvalue weighted by Crippen LogP contribution is 2.40. The molecule has 0 atom stereocenters. The SMILES string of the molecule is NCc1cnc(F)cc1-c1cccc2cc(-c3ncncc3F)sc12. The molecular weight excluding hydrogens is 342 g/mol. The first-order chi connectivity index (χ1) is 12.2. The Morgan fingerprint density at radius 3 is 2.72 bits per heavy atom. The van der Waals surface area contributed by atoms with Gasteiger partial charge in [-0.25, -0.2) is 19.3 Å². The van der Waals surface area contributed by atoms with Crippen LogP contribution in [0.15, 0.2) is 49.1 Å². The third-order valence-electron chi connectivity index (χ3n) is 3.91. The van der Waals surface area contributed by atoms with Crippen LogP contribution in [0.25, 0.3) is 31.8 Å². The number of nitrogens with two attached hydrogens (primary N) is 1. The molecule has 2 N–H and O–H groups in total. The van der Waals surface area contributed by atoms with Crippen LogP contribution in [-0.4, -0.2) is 15.0 Å². The molecular formula is C18H12F2N4S. The van der Waals surface area contributed by atoms with E-state index in [2.05, 4.69) is 15.0 Å². The molecule has 4 aromatic rings. The van der Waals surface area contributed by atoms with Crippen molar-refractivity contribution in [3.8, 4) is 21.7 Å². The molecule has 124 valence electrons. The zero-order chi connectivity index (χ0) is 17.4. The summed E-state index contributed by atoms with van der Waals surface area (Å²) >= 11 is 1.40. The van der Waals surface area contributed by atoms with E-state index in [1.165, 1.54) is 29.9 Å². The van der Waals surface area contributed by atoms with Crippen LogP contribution in [0, 0.1) is 11.8 Å². The normalized spacial score (nSPS) is 11.2. The predicted molar refractivity (Wildman–Crippen MR) is 93.9 cm³/mol. The Bertz CT molecular complexity index is 1080. The van der Waals surface area contributed by atoms with Gasteiger partial charge < -0.3 is 5.73 Å². The molecule has 4 nitrogen and oxygen atoms in total. The van der Waals surface area contributed by atoms with Crippen molar-refractivity contribution in [1.29, 1.82) is 0 Å². The zero-order valence-electron chi connectivity index (χ0n) is 12.9. The number of nitrogens with zero attached hydrogens (tertiary/aromatic N) is 3. The highest BCUT2D eigenvalue weighted by molar-refractivity contribution is 7.22. The first-order valence-electron chi connectivity index (χ1n) is 7.50. The van der Waals surface area contributed by atoms with Crippen LogP contribution in [0.1, 0.15) is 5.56 Å². The summed E-state index contributed by atoms with van der Waals surface area (Å²) in [6, 6.07) is 8.95. The van der Waals surface area contributed by atoms with E-state index >= 15 is 0 Å². The van der Waals surface area contributed by atoms with Crippen LogP contribution in [0.5, 0.6) is 0 Å². The van der Waals surface area contributed by atoms with Crippen LogP contribution in [0.3, 0.4) is 0 Å².